The summed E-state index contributed by atoms with van der Waals surface area (Å²) in [4.78, 5) is 2.52. The van der Waals surface area contributed by atoms with E-state index in [2.05, 4.69) is 33.1 Å². The lowest BCUT2D eigenvalue weighted by atomic mass is 9.97. The molecule has 1 fully saturated rings. The van der Waals surface area contributed by atoms with Gasteiger partial charge in [-0.15, -0.1) is 0 Å². The molecule has 0 bridgehead atoms. The highest BCUT2D eigenvalue weighted by atomic mass is 32.1. The van der Waals surface area contributed by atoms with Crippen molar-refractivity contribution >= 4 is 11.3 Å². The molecular weight excluding hydrogens is 336 g/mol. The molecule has 1 unspecified atom stereocenters. The van der Waals surface area contributed by atoms with Crippen LogP contribution in [0.2, 0.25) is 0 Å². The molecule has 2 heterocycles. The summed E-state index contributed by atoms with van der Waals surface area (Å²) >= 11 is 1.72. The van der Waals surface area contributed by atoms with Crippen molar-refractivity contribution in [3.63, 3.8) is 0 Å². The van der Waals surface area contributed by atoms with Crippen LogP contribution >= 0.6 is 11.3 Å². The lowest BCUT2D eigenvalue weighted by molar-refractivity contribution is 0.234. The fraction of sp³-hybridized carbons (Fsp3) is 0.474. The van der Waals surface area contributed by atoms with Crippen molar-refractivity contribution in [1.29, 1.82) is 0 Å². The van der Waals surface area contributed by atoms with Gasteiger partial charge in [-0.1, -0.05) is 0 Å². The van der Waals surface area contributed by atoms with Crippen molar-refractivity contribution in [2.24, 2.45) is 0 Å². The fourth-order valence-corrected chi connectivity index (χ4v) is 4.16. The van der Waals surface area contributed by atoms with Crippen molar-refractivity contribution < 1.29 is 14.2 Å². The zero-order chi connectivity index (χ0) is 17.6. The molecule has 1 saturated heterocycles. The number of ether oxygens (including phenoxy) is 3. The summed E-state index contributed by atoms with van der Waals surface area (Å²) in [6, 6.07) is 6.40. The highest BCUT2D eigenvalue weighted by Crippen LogP contribution is 2.45. The van der Waals surface area contributed by atoms with E-state index in [0.717, 1.165) is 43.9 Å². The molecule has 1 aromatic heterocycles. The fourth-order valence-electron chi connectivity index (χ4n) is 3.48. The van der Waals surface area contributed by atoms with E-state index in [1.807, 2.05) is 6.07 Å². The third kappa shape index (κ3) is 3.76. The molecule has 0 spiro atoms. The van der Waals surface area contributed by atoms with E-state index in [9.17, 15) is 0 Å². The zero-order valence-corrected chi connectivity index (χ0v) is 15.9. The SMILES string of the molecule is COc1ccc(C(c2ccsc2)N2CCCNCC2)c(OC)c1OC. The first-order valence-electron chi connectivity index (χ1n) is 8.56. The van der Waals surface area contributed by atoms with Crippen LogP contribution in [-0.4, -0.2) is 52.4 Å². The van der Waals surface area contributed by atoms with Crippen LogP contribution in [0, 0.1) is 0 Å². The van der Waals surface area contributed by atoms with Gasteiger partial charge in [-0.3, -0.25) is 4.90 Å². The van der Waals surface area contributed by atoms with Gasteiger partial charge in [-0.25, -0.2) is 0 Å². The summed E-state index contributed by atoms with van der Waals surface area (Å²) in [5.41, 5.74) is 2.40. The summed E-state index contributed by atoms with van der Waals surface area (Å²) in [5.74, 6) is 2.08. The summed E-state index contributed by atoms with van der Waals surface area (Å²) in [5, 5.41) is 7.84. The number of rotatable bonds is 6. The molecule has 136 valence electrons. The van der Waals surface area contributed by atoms with Gasteiger partial charge in [-0.2, -0.15) is 11.3 Å². The van der Waals surface area contributed by atoms with Gasteiger partial charge < -0.3 is 19.5 Å². The maximum Gasteiger partial charge on any atom is 0.203 e. The highest BCUT2D eigenvalue weighted by molar-refractivity contribution is 7.08. The van der Waals surface area contributed by atoms with E-state index in [1.54, 1.807) is 32.7 Å². The van der Waals surface area contributed by atoms with Crippen LogP contribution in [0.3, 0.4) is 0 Å². The van der Waals surface area contributed by atoms with Crippen LogP contribution in [-0.2, 0) is 0 Å². The smallest absolute Gasteiger partial charge is 0.203 e. The van der Waals surface area contributed by atoms with Gasteiger partial charge in [0, 0.05) is 25.2 Å². The third-order valence-electron chi connectivity index (χ3n) is 4.63. The van der Waals surface area contributed by atoms with E-state index < -0.39 is 0 Å². The summed E-state index contributed by atoms with van der Waals surface area (Å²) in [7, 11) is 4.99. The Morgan fingerprint density at radius 1 is 1.00 bits per heavy atom. The van der Waals surface area contributed by atoms with Gasteiger partial charge in [-0.05, 0) is 47.5 Å². The number of hydrogen-bond acceptors (Lipinski definition) is 6. The number of methoxy groups -OCH3 is 3. The second-order valence-corrected chi connectivity index (χ2v) is 6.80. The Morgan fingerprint density at radius 3 is 2.52 bits per heavy atom. The molecule has 1 aliphatic rings. The Balaban J connectivity index is 2.09. The Bertz CT molecular complexity index is 668. The predicted octanol–water partition coefficient (Wildman–Crippen LogP) is 3.16. The topological polar surface area (TPSA) is 43.0 Å². The molecule has 3 rings (SSSR count). The quantitative estimate of drug-likeness (QED) is 0.855. The van der Waals surface area contributed by atoms with Gasteiger partial charge in [0.2, 0.25) is 5.75 Å². The average Bonchev–Trinajstić information content (AvgIpc) is 3.04. The van der Waals surface area contributed by atoms with Crippen molar-refractivity contribution in [2.45, 2.75) is 12.5 Å². The van der Waals surface area contributed by atoms with Crippen LogP contribution in [0.5, 0.6) is 17.2 Å². The molecule has 0 radical (unpaired) electrons. The maximum absolute atomic E-state index is 5.77. The number of hydrogen-bond donors (Lipinski definition) is 1. The number of nitrogens with one attached hydrogen (secondary N) is 1. The van der Waals surface area contributed by atoms with Crippen LogP contribution in [0.15, 0.2) is 29.0 Å². The second kappa shape index (κ2) is 8.56. The first-order chi connectivity index (χ1) is 12.3. The van der Waals surface area contributed by atoms with Crippen molar-refractivity contribution in [3.05, 3.63) is 40.1 Å². The minimum atomic E-state index is 0.140. The molecule has 0 saturated carbocycles. The molecule has 5 nitrogen and oxygen atoms in total. The molecule has 1 N–H and O–H groups in total. The van der Waals surface area contributed by atoms with Crippen molar-refractivity contribution in [3.8, 4) is 17.2 Å². The van der Waals surface area contributed by atoms with Crippen molar-refractivity contribution in [2.75, 3.05) is 47.5 Å². The van der Waals surface area contributed by atoms with Gasteiger partial charge >= 0.3 is 0 Å². The summed E-state index contributed by atoms with van der Waals surface area (Å²) in [6.07, 6.45) is 1.14. The molecule has 1 aromatic carbocycles. The van der Waals surface area contributed by atoms with Gasteiger partial charge in [0.05, 0.1) is 27.4 Å². The first-order valence-corrected chi connectivity index (χ1v) is 9.50. The molecule has 1 aliphatic heterocycles. The van der Waals surface area contributed by atoms with E-state index >= 15 is 0 Å². The Morgan fingerprint density at radius 2 is 1.84 bits per heavy atom. The number of benzene rings is 1. The molecule has 25 heavy (non-hydrogen) atoms. The van der Waals surface area contributed by atoms with Gasteiger partial charge in [0.15, 0.2) is 11.5 Å². The normalized spacial score (nSPS) is 16.9. The van der Waals surface area contributed by atoms with Crippen LogP contribution in [0.25, 0.3) is 0 Å². The minimum absolute atomic E-state index is 0.140. The summed E-state index contributed by atoms with van der Waals surface area (Å²) in [6.45, 7) is 4.11. The standard InChI is InChI=1S/C19H26N2O3S/c1-22-16-6-5-15(18(23-2)19(16)24-3)17(14-7-12-25-13-14)21-10-4-8-20-9-11-21/h5-7,12-13,17,20H,4,8-11H2,1-3H3. The van der Waals surface area contributed by atoms with Crippen molar-refractivity contribution in [1.82, 2.24) is 10.2 Å². The second-order valence-electron chi connectivity index (χ2n) is 6.02. The monoisotopic (exact) mass is 362 g/mol. The van der Waals surface area contributed by atoms with E-state index in [1.165, 1.54) is 5.56 Å². The minimum Gasteiger partial charge on any atom is -0.493 e. The van der Waals surface area contributed by atoms with E-state index in [0.29, 0.717) is 11.5 Å². The Kier molecular flexibility index (Phi) is 6.18. The number of thiophene rings is 1. The zero-order valence-electron chi connectivity index (χ0n) is 15.1. The van der Waals surface area contributed by atoms with E-state index in [-0.39, 0.29) is 6.04 Å². The van der Waals surface area contributed by atoms with Crippen LogP contribution in [0.4, 0.5) is 0 Å². The van der Waals surface area contributed by atoms with E-state index in [4.69, 9.17) is 14.2 Å². The third-order valence-corrected chi connectivity index (χ3v) is 5.33. The predicted molar refractivity (Wildman–Crippen MR) is 101 cm³/mol. The Hall–Kier alpha value is -1.76. The Labute approximate surface area is 153 Å². The highest BCUT2D eigenvalue weighted by Gasteiger charge is 2.29. The first kappa shape index (κ1) is 18.0. The molecular formula is C19H26N2O3S. The maximum atomic E-state index is 5.77. The largest absolute Gasteiger partial charge is 0.493 e. The van der Waals surface area contributed by atoms with Gasteiger partial charge in [0.1, 0.15) is 0 Å². The molecule has 2 aromatic rings. The number of nitrogens with zero attached hydrogens (tertiary/aromatic N) is 1. The van der Waals surface area contributed by atoms with Crippen LogP contribution in [0.1, 0.15) is 23.6 Å². The average molecular weight is 362 g/mol. The molecule has 6 heteroatoms. The molecule has 0 amide bonds. The lowest BCUT2D eigenvalue weighted by Gasteiger charge is -2.32. The molecule has 1 atom stereocenters. The summed E-state index contributed by atoms with van der Waals surface area (Å²) < 4.78 is 16.8. The lowest BCUT2D eigenvalue weighted by Crippen LogP contribution is -2.33. The van der Waals surface area contributed by atoms with Gasteiger partial charge in [0.25, 0.3) is 0 Å². The van der Waals surface area contributed by atoms with Crippen LogP contribution < -0.4 is 19.5 Å². The molecule has 0 aliphatic carbocycles.